The zero-order chi connectivity index (χ0) is 15.7. The Bertz CT molecular complexity index is 334. The third kappa shape index (κ3) is 29.1. The van der Waals surface area contributed by atoms with Gasteiger partial charge >= 0.3 is 148 Å². The van der Waals surface area contributed by atoms with E-state index in [9.17, 15) is 39.6 Å². The summed E-state index contributed by atoms with van der Waals surface area (Å²) >= 11 is 0. The fraction of sp³-hybridized carbons (Fsp3) is 0.600. The number of carboxylic acids is 4. The Balaban J connectivity index is -0.000000180. The van der Waals surface area contributed by atoms with Crippen LogP contribution < -0.4 is 168 Å². The maximum absolute atomic E-state index is 10.4. The molecule has 0 amide bonds. The van der Waals surface area contributed by atoms with Crippen LogP contribution in [0.15, 0.2) is 0 Å². The first-order chi connectivity index (χ1) is 9.20. The largest absolute Gasteiger partial charge is 1.00 e. The minimum atomic E-state index is -1.53. The van der Waals surface area contributed by atoms with E-state index in [1.165, 1.54) is 0 Å². The molecule has 0 fully saturated rings. The smallest absolute Gasteiger partial charge is 0.549 e. The van der Waals surface area contributed by atoms with Gasteiger partial charge in [0.05, 0.1) is 23.9 Å². The molecule has 0 saturated carbocycles. The number of hydrogen-bond acceptors (Lipinski definition) is 10. The predicted molar refractivity (Wildman–Crippen MR) is 52.9 cm³/mol. The van der Waals surface area contributed by atoms with Crippen LogP contribution in [0.3, 0.4) is 0 Å². The van der Waals surface area contributed by atoms with E-state index in [1.54, 1.807) is 0 Å². The number of rotatable bonds is 11. The molecular formula is C10H12N2Na5O8+. The van der Waals surface area contributed by atoms with Gasteiger partial charge in [0.2, 0.25) is 0 Å². The SMILES string of the molecule is O=C([O-])CN(CCN(CC(=O)[O-])CC(=O)[O-])CC(=O)[O-].[Na+].[Na+].[Na+].[Na+].[Na+]. The topological polar surface area (TPSA) is 167 Å². The normalized spacial score (nSPS) is 8.56. The second kappa shape index (κ2) is 24.8. The van der Waals surface area contributed by atoms with Crippen molar-refractivity contribution in [3.63, 3.8) is 0 Å². The van der Waals surface area contributed by atoms with Gasteiger partial charge in [-0.3, -0.25) is 9.80 Å². The molecular weight excluding hydrogens is 391 g/mol. The van der Waals surface area contributed by atoms with Gasteiger partial charge in [-0.25, -0.2) is 0 Å². The second-order valence-electron chi connectivity index (χ2n) is 3.91. The van der Waals surface area contributed by atoms with E-state index in [0.29, 0.717) is 0 Å². The number of carboxylic acid groups (broad SMARTS) is 4. The average molecular weight is 403 g/mol. The maximum Gasteiger partial charge on any atom is 1.00 e. The molecule has 0 bridgehead atoms. The minimum absolute atomic E-state index is 0. The molecule has 0 unspecified atom stereocenters. The molecule has 0 aliphatic rings. The third-order valence-electron chi connectivity index (χ3n) is 2.14. The van der Waals surface area contributed by atoms with Gasteiger partial charge in [0.25, 0.3) is 0 Å². The minimum Gasteiger partial charge on any atom is -0.549 e. The first kappa shape index (κ1) is 42.0. The molecule has 0 atom stereocenters. The quantitative estimate of drug-likeness (QED) is 0.302. The summed E-state index contributed by atoms with van der Waals surface area (Å²) in [4.78, 5) is 43.4. The average Bonchev–Trinajstić information content (AvgIpc) is 2.22. The summed E-state index contributed by atoms with van der Waals surface area (Å²) in [5.74, 6) is -6.12. The summed E-state index contributed by atoms with van der Waals surface area (Å²) < 4.78 is 0. The van der Waals surface area contributed by atoms with E-state index >= 15 is 0 Å². The Kier molecular flexibility index (Phi) is 41.7. The van der Waals surface area contributed by atoms with Crippen molar-refractivity contribution in [2.75, 3.05) is 39.3 Å². The molecule has 0 aliphatic heterocycles. The van der Waals surface area contributed by atoms with Crippen molar-refractivity contribution in [3.05, 3.63) is 0 Å². The van der Waals surface area contributed by atoms with Crippen LogP contribution in [0.5, 0.6) is 0 Å². The number of hydrogen-bond donors (Lipinski definition) is 0. The molecule has 0 aliphatic carbocycles. The molecule has 114 valence electrons. The fourth-order valence-corrected chi connectivity index (χ4v) is 1.44. The zero-order valence-electron chi connectivity index (χ0n) is 15.4. The van der Waals surface area contributed by atoms with Crippen LogP contribution in [0.4, 0.5) is 0 Å². The summed E-state index contributed by atoms with van der Waals surface area (Å²) in [5.41, 5.74) is 0. The third-order valence-corrected chi connectivity index (χ3v) is 2.14. The molecule has 0 saturated heterocycles. The summed E-state index contributed by atoms with van der Waals surface area (Å²) in [5, 5.41) is 41.6. The van der Waals surface area contributed by atoms with Gasteiger partial charge in [-0.1, -0.05) is 0 Å². The van der Waals surface area contributed by atoms with Crippen LogP contribution in [0.1, 0.15) is 0 Å². The number of aliphatic carboxylic acids is 4. The van der Waals surface area contributed by atoms with Crippen molar-refractivity contribution in [2.45, 2.75) is 0 Å². The van der Waals surface area contributed by atoms with E-state index in [1.807, 2.05) is 0 Å². The Morgan fingerprint density at radius 3 is 0.760 bits per heavy atom. The van der Waals surface area contributed by atoms with E-state index in [4.69, 9.17) is 0 Å². The van der Waals surface area contributed by atoms with Crippen molar-refractivity contribution < 1.29 is 187 Å². The van der Waals surface area contributed by atoms with Crippen LogP contribution >= 0.6 is 0 Å². The summed E-state index contributed by atoms with van der Waals surface area (Å²) in [7, 11) is 0. The molecule has 0 aromatic carbocycles. The van der Waals surface area contributed by atoms with E-state index in [0.717, 1.165) is 9.80 Å². The molecule has 10 nitrogen and oxygen atoms in total. The maximum atomic E-state index is 10.4. The fourth-order valence-electron chi connectivity index (χ4n) is 1.44. The van der Waals surface area contributed by atoms with Crippen molar-refractivity contribution in [2.24, 2.45) is 0 Å². The molecule has 25 heavy (non-hydrogen) atoms. The van der Waals surface area contributed by atoms with Crippen LogP contribution in [-0.4, -0.2) is 72.9 Å². The number of nitrogens with zero attached hydrogens (tertiary/aromatic N) is 2. The molecule has 0 rings (SSSR count). The monoisotopic (exact) mass is 403 g/mol. The van der Waals surface area contributed by atoms with Crippen LogP contribution in [0.25, 0.3) is 0 Å². The van der Waals surface area contributed by atoms with E-state index < -0.39 is 50.1 Å². The van der Waals surface area contributed by atoms with Gasteiger partial charge in [-0.2, -0.15) is 0 Å². The summed E-state index contributed by atoms with van der Waals surface area (Å²) in [6, 6.07) is 0. The predicted octanol–water partition coefficient (Wildman–Crippen LogP) is -22.4. The first-order valence-electron chi connectivity index (χ1n) is 5.44. The summed E-state index contributed by atoms with van der Waals surface area (Å²) in [6.45, 7) is -3.25. The van der Waals surface area contributed by atoms with Crippen molar-refractivity contribution >= 4 is 23.9 Å². The number of carbonyl (C=O) groups excluding carboxylic acids is 4. The van der Waals surface area contributed by atoms with Gasteiger partial charge in [0, 0.05) is 39.3 Å². The Hall–Kier alpha value is 2.80. The standard InChI is InChI=1S/C10H16N2O8.5Na/c13-7(14)3-11(4-8(15)16)1-2-12(5-9(17)18)6-10(19)20;;;;;/h1-6H2,(H,13,14)(H,15,16)(H,17,18)(H,19,20);;;;;/q;5*+1/p-4. The van der Waals surface area contributed by atoms with Crippen molar-refractivity contribution in [3.8, 4) is 0 Å². The summed E-state index contributed by atoms with van der Waals surface area (Å²) in [6.07, 6.45) is 0. The molecule has 0 radical (unpaired) electrons. The van der Waals surface area contributed by atoms with Crippen molar-refractivity contribution in [1.29, 1.82) is 0 Å². The Morgan fingerprint density at radius 2 is 0.640 bits per heavy atom. The van der Waals surface area contributed by atoms with Gasteiger partial charge in [-0.05, 0) is 0 Å². The Labute approximate surface area is 255 Å². The molecule has 0 aromatic rings. The molecule has 0 spiro atoms. The van der Waals surface area contributed by atoms with Crippen molar-refractivity contribution in [1.82, 2.24) is 9.80 Å². The van der Waals surface area contributed by atoms with Crippen LogP contribution in [0, 0.1) is 0 Å². The molecule has 0 heterocycles. The number of carbonyl (C=O) groups is 4. The molecule has 0 aromatic heterocycles. The van der Waals surface area contributed by atoms with E-state index in [-0.39, 0.29) is 161 Å². The Morgan fingerprint density at radius 1 is 0.480 bits per heavy atom. The first-order valence-corrected chi connectivity index (χ1v) is 5.44. The van der Waals surface area contributed by atoms with Gasteiger partial charge < -0.3 is 39.6 Å². The van der Waals surface area contributed by atoms with Gasteiger partial charge in [0.15, 0.2) is 0 Å². The van der Waals surface area contributed by atoms with Crippen LogP contribution in [-0.2, 0) is 19.2 Å². The second-order valence-corrected chi connectivity index (χ2v) is 3.91. The molecule has 15 heteroatoms. The van der Waals surface area contributed by atoms with Gasteiger partial charge in [0.1, 0.15) is 0 Å². The van der Waals surface area contributed by atoms with E-state index in [2.05, 4.69) is 0 Å². The van der Waals surface area contributed by atoms with Crippen LogP contribution in [0.2, 0.25) is 0 Å². The molecule has 0 N–H and O–H groups in total. The zero-order valence-corrected chi connectivity index (χ0v) is 25.4. The van der Waals surface area contributed by atoms with Gasteiger partial charge in [-0.15, -0.1) is 0 Å².